The van der Waals surface area contributed by atoms with Gasteiger partial charge in [-0.2, -0.15) is 0 Å². The number of anilines is 1. The zero-order valence-electron chi connectivity index (χ0n) is 18.0. The molecule has 0 bridgehead atoms. The number of aliphatic hydroxyl groups is 1. The molecule has 0 saturated carbocycles. The van der Waals surface area contributed by atoms with E-state index in [1.807, 2.05) is 18.2 Å². The second-order valence-corrected chi connectivity index (χ2v) is 10.6. The lowest BCUT2D eigenvalue weighted by atomic mass is 10.1. The number of ether oxygens (including phenoxy) is 1. The predicted octanol–water partition coefficient (Wildman–Crippen LogP) is 2.11. The third kappa shape index (κ3) is 4.79. The first-order chi connectivity index (χ1) is 15.3. The molecule has 1 unspecified atom stereocenters. The van der Waals surface area contributed by atoms with Crippen LogP contribution in [0.3, 0.4) is 0 Å². The number of carbonyl (C=O) groups excluding carboxylic acids is 1. The first-order valence-corrected chi connectivity index (χ1v) is 12.5. The lowest BCUT2D eigenvalue weighted by Crippen LogP contribution is -2.53. The molecule has 1 heterocycles. The molecular formula is C23H27FN2O5S. The maximum Gasteiger partial charge on any atom is 0.337 e. The number of halogens is 1. The lowest BCUT2D eigenvalue weighted by molar-refractivity contribution is 0.00587. The predicted molar refractivity (Wildman–Crippen MR) is 119 cm³/mol. The Morgan fingerprint density at radius 2 is 1.88 bits per heavy atom. The summed E-state index contributed by atoms with van der Waals surface area (Å²) in [6.07, 6.45) is 1.93. The van der Waals surface area contributed by atoms with Gasteiger partial charge < -0.3 is 14.7 Å². The van der Waals surface area contributed by atoms with Gasteiger partial charge >= 0.3 is 5.97 Å². The second-order valence-electron chi connectivity index (χ2n) is 8.27. The molecule has 7 nitrogen and oxygen atoms in total. The smallest absolute Gasteiger partial charge is 0.337 e. The van der Waals surface area contributed by atoms with Crippen molar-refractivity contribution in [2.24, 2.45) is 0 Å². The molecule has 1 atom stereocenters. The van der Waals surface area contributed by atoms with Crippen LogP contribution in [0, 0.1) is 5.82 Å². The number of fused-ring (bicyclic) bond motifs is 1. The Hall–Kier alpha value is -2.49. The Bertz CT molecular complexity index is 1110. The molecule has 2 aliphatic rings. The largest absolute Gasteiger partial charge is 0.465 e. The van der Waals surface area contributed by atoms with Gasteiger partial charge in [0.2, 0.25) is 0 Å². The number of methoxy groups -OCH3 is 1. The quantitative estimate of drug-likeness (QED) is 0.520. The van der Waals surface area contributed by atoms with Gasteiger partial charge in [0.05, 0.1) is 24.2 Å². The molecule has 1 aliphatic heterocycles. The second kappa shape index (κ2) is 9.17. The molecule has 0 amide bonds. The van der Waals surface area contributed by atoms with Gasteiger partial charge in [-0.15, -0.1) is 0 Å². The highest BCUT2D eigenvalue weighted by Gasteiger charge is 2.30. The summed E-state index contributed by atoms with van der Waals surface area (Å²) >= 11 is 0. The number of aryl methyl sites for hydroxylation is 2. The van der Waals surface area contributed by atoms with Crippen LogP contribution < -0.4 is 4.90 Å². The van der Waals surface area contributed by atoms with Crippen LogP contribution in [0.1, 0.15) is 33.5 Å². The maximum atomic E-state index is 14.8. The van der Waals surface area contributed by atoms with Crippen LogP contribution in [0.5, 0.6) is 0 Å². The highest BCUT2D eigenvalue weighted by Crippen LogP contribution is 2.30. The summed E-state index contributed by atoms with van der Waals surface area (Å²) in [6, 6.07) is 10.1. The molecule has 9 heteroatoms. The molecule has 0 radical (unpaired) electrons. The Labute approximate surface area is 187 Å². The van der Waals surface area contributed by atoms with Crippen molar-refractivity contribution in [1.82, 2.24) is 4.90 Å². The van der Waals surface area contributed by atoms with Crippen molar-refractivity contribution in [3.8, 4) is 0 Å². The highest BCUT2D eigenvalue weighted by molar-refractivity contribution is 7.91. The van der Waals surface area contributed by atoms with Gasteiger partial charge in [-0.3, -0.25) is 4.90 Å². The van der Waals surface area contributed by atoms with E-state index in [9.17, 15) is 22.7 Å². The van der Waals surface area contributed by atoms with Gasteiger partial charge in [-0.1, -0.05) is 12.1 Å². The standard InChI is InChI=1S/C23H27FN2O5S/c1-31-22(27)18-5-6-19(21(24)14-18)15-26(20-8-7-16-3-2-4-17(16)13-20)23(28)25-9-11-32(29,30)12-10-25/h5-8,13-14,23,28H,2-4,9-12,15H2,1H3. The summed E-state index contributed by atoms with van der Waals surface area (Å²) in [5, 5.41) is 11.2. The van der Waals surface area contributed by atoms with E-state index in [1.54, 1.807) is 9.80 Å². The highest BCUT2D eigenvalue weighted by atomic mass is 32.2. The number of nitrogens with zero attached hydrogens (tertiary/aromatic N) is 2. The van der Waals surface area contributed by atoms with E-state index in [0.29, 0.717) is 5.56 Å². The average Bonchev–Trinajstić information content (AvgIpc) is 3.25. The SMILES string of the molecule is COC(=O)c1ccc(CN(c2ccc3c(c2)CCC3)C(O)N2CCS(=O)(=O)CC2)c(F)c1. The zero-order chi connectivity index (χ0) is 22.9. The fourth-order valence-electron chi connectivity index (χ4n) is 4.30. The minimum Gasteiger partial charge on any atom is -0.465 e. The number of sulfone groups is 1. The minimum absolute atomic E-state index is 0.0235. The van der Waals surface area contributed by atoms with E-state index < -0.39 is 28.0 Å². The zero-order valence-corrected chi connectivity index (χ0v) is 18.8. The number of esters is 1. The van der Waals surface area contributed by atoms with E-state index in [2.05, 4.69) is 4.74 Å². The number of rotatable bonds is 6. The number of hydrogen-bond acceptors (Lipinski definition) is 7. The molecule has 0 aromatic heterocycles. The number of benzene rings is 2. The minimum atomic E-state index is -3.10. The van der Waals surface area contributed by atoms with Crippen molar-refractivity contribution < 1.29 is 27.4 Å². The van der Waals surface area contributed by atoms with Crippen LogP contribution in [-0.2, 0) is 34.0 Å². The monoisotopic (exact) mass is 462 g/mol. The van der Waals surface area contributed by atoms with Crippen LogP contribution in [0.25, 0.3) is 0 Å². The fraction of sp³-hybridized carbons (Fsp3) is 0.435. The average molecular weight is 463 g/mol. The van der Waals surface area contributed by atoms with Gasteiger partial charge in [0.1, 0.15) is 5.82 Å². The normalized spacial score (nSPS) is 18.7. The summed E-state index contributed by atoms with van der Waals surface area (Å²) in [7, 11) is -1.87. The Morgan fingerprint density at radius 3 is 2.56 bits per heavy atom. The summed E-state index contributed by atoms with van der Waals surface area (Å²) in [5.74, 6) is -1.25. The first-order valence-electron chi connectivity index (χ1n) is 10.6. The molecule has 1 N–H and O–H groups in total. The molecule has 2 aromatic carbocycles. The van der Waals surface area contributed by atoms with E-state index in [4.69, 9.17) is 0 Å². The van der Waals surface area contributed by atoms with Crippen molar-refractivity contribution >= 4 is 21.5 Å². The summed E-state index contributed by atoms with van der Waals surface area (Å²) in [5.41, 5.74) is 3.65. The number of hydrogen-bond donors (Lipinski definition) is 1. The molecule has 4 rings (SSSR count). The maximum absolute atomic E-state index is 14.8. The molecule has 1 saturated heterocycles. The Morgan fingerprint density at radius 1 is 1.16 bits per heavy atom. The van der Waals surface area contributed by atoms with E-state index in [1.165, 1.54) is 30.4 Å². The Kier molecular flexibility index (Phi) is 6.50. The van der Waals surface area contributed by atoms with Gasteiger partial charge in [0.25, 0.3) is 0 Å². The molecule has 172 valence electrons. The molecule has 1 fully saturated rings. The van der Waals surface area contributed by atoms with Crippen LogP contribution in [-0.4, -0.2) is 62.5 Å². The van der Waals surface area contributed by atoms with E-state index in [0.717, 1.165) is 31.0 Å². The van der Waals surface area contributed by atoms with Crippen molar-refractivity contribution in [2.45, 2.75) is 32.2 Å². The van der Waals surface area contributed by atoms with Crippen LogP contribution in [0.4, 0.5) is 10.1 Å². The fourth-order valence-corrected chi connectivity index (χ4v) is 5.53. The molecule has 0 spiro atoms. The van der Waals surface area contributed by atoms with E-state index in [-0.39, 0.29) is 36.7 Å². The Balaban J connectivity index is 1.64. The summed E-state index contributed by atoms with van der Waals surface area (Å²) < 4.78 is 43.1. The lowest BCUT2D eigenvalue weighted by Gasteiger charge is -2.39. The topological polar surface area (TPSA) is 87.2 Å². The van der Waals surface area contributed by atoms with Crippen molar-refractivity contribution in [1.29, 1.82) is 0 Å². The van der Waals surface area contributed by atoms with E-state index >= 15 is 0 Å². The molecule has 2 aromatic rings. The van der Waals surface area contributed by atoms with Crippen molar-refractivity contribution in [3.05, 3.63) is 64.5 Å². The van der Waals surface area contributed by atoms with Gasteiger partial charge in [0, 0.05) is 30.9 Å². The van der Waals surface area contributed by atoms with Crippen LogP contribution >= 0.6 is 0 Å². The van der Waals surface area contributed by atoms with Crippen LogP contribution in [0.15, 0.2) is 36.4 Å². The third-order valence-electron chi connectivity index (χ3n) is 6.21. The van der Waals surface area contributed by atoms with Gasteiger partial charge in [0.15, 0.2) is 16.2 Å². The first kappa shape index (κ1) is 22.7. The summed E-state index contributed by atoms with van der Waals surface area (Å²) in [6.45, 7) is 0.458. The van der Waals surface area contributed by atoms with Gasteiger partial charge in [-0.05, 0) is 54.7 Å². The number of carbonyl (C=O) groups is 1. The molecule has 1 aliphatic carbocycles. The van der Waals surface area contributed by atoms with Crippen molar-refractivity contribution in [2.75, 3.05) is 36.6 Å². The summed E-state index contributed by atoms with van der Waals surface area (Å²) in [4.78, 5) is 15.1. The van der Waals surface area contributed by atoms with Crippen molar-refractivity contribution in [3.63, 3.8) is 0 Å². The number of aliphatic hydroxyl groups excluding tert-OH is 1. The molecule has 32 heavy (non-hydrogen) atoms. The van der Waals surface area contributed by atoms with Gasteiger partial charge in [-0.25, -0.2) is 17.6 Å². The van der Waals surface area contributed by atoms with Crippen LogP contribution in [0.2, 0.25) is 0 Å². The molecular weight excluding hydrogens is 435 g/mol. The third-order valence-corrected chi connectivity index (χ3v) is 7.82.